The van der Waals surface area contributed by atoms with Crippen LogP contribution in [0, 0.1) is 0 Å². The van der Waals surface area contributed by atoms with E-state index in [-0.39, 0.29) is 52.8 Å². The van der Waals surface area contributed by atoms with Crippen LogP contribution in [0.5, 0.6) is 0 Å². The Morgan fingerprint density at radius 3 is 1.55 bits per heavy atom. The fraction of sp³-hybridized carbons (Fsp3) is 0.800. The van der Waals surface area contributed by atoms with Crippen molar-refractivity contribution in [3.8, 4) is 0 Å². The Labute approximate surface area is 110 Å². The molecule has 0 saturated carbocycles. The standard InChI is InChI=1S/C4H10O2.CH2O3.K.H/c1-5-3-4-6-2;2-1(3)4;;/h3-4H2,1-2H3;(H2,2,3,4);;/q;;+1;-1. The van der Waals surface area contributed by atoms with Gasteiger partial charge in [0, 0.05) is 14.2 Å². The Bertz CT molecular complexity index is 74.2. The van der Waals surface area contributed by atoms with Crippen molar-refractivity contribution in [1.82, 2.24) is 0 Å². The van der Waals surface area contributed by atoms with Crippen LogP contribution in [0.3, 0.4) is 0 Å². The van der Waals surface area contributed by atoms with E-state index in [0.717, 1.165) is 0 Å². The van der Waals surface area contributed by atoms with Gasteiger partial charge in [-0.25, -0.2) is 4.79 Å². The summed E-state index contributed by atoms with van der Waals surface area (Å²) in [7, 11) is 3.30. The Kier molecular flexibility index (Phi) is 27.6. The molecular formula is C5H13KO5. The van der Waals surface area contributed by atoms with Crippen molar-refractivity contribution in [2.75, 3.05) is 27.4 Å². The largest absolute Gasteiger partial charge is 1.00 e. The average molecular weight is 192 g/mol. The van der Waals surface area contributed by atoms with Gasteiger partial charge in [-0.3, -0.25) is 0 Å². The molecule has 5 nitrogen and oxygen atoms in total. The van der Waals surface area contributed by atoms with E-state index >= 15 is 0 Å². The minimum Gasteiger partial charge on any atom is -1.00 e. The normalized spacial score (nSPS) is 7.09. The number of ether oxygens (including phenoxy) is 2. The van der Waals surface area contributed by atoms with E-state index in [9.17, 15) is 0 Å². The van der Waals surface area contributed by atoms with E-state index in [2.05, 4.69) is 9.47 Å². The van der Waals surface area contributed by atoms with Crippen LogP contribution < -0.4 is 51.4 Å². The Morgan fingerprint density at radius 2 is 1.45 bits per heavy atom. The molecule has 6 heteroatoms. The van der Waals surface area contributed by atoms with Gasteiger partial charge in [0.1, 0.15) is 0 Å². The summed E-state index contributed by atoms with van der Waals surface area (Å²) >= 11 is 0. The second-order valence-corrected chi connectivity index (χ2v) is 1.27. The first-order valence-corrected chi connectivity index (χ1v) is 2.55. The number of hydrogen-bond donors (Lipinski definition) is 2. The van der Waals surface area contributed by atoms with Crippen LogP contribution in [0.25, 0.3) is 0 Å². The molecule has 0 bridgehead atoms. The van der Waals surface area contributed by atoms with Gasteiger partial charge < -0.3 is 21.1 Å². The Hall–Kier alpha value is 0.826. The van der Waals surface area contributed by atoms with Gasteiger partial charge in [0.15, 0.2) is 0 Å². The molecule has 64 valence electrons. The first-order chi connectivity index (χ1) is 4.65. The molecule has 0 unspecified atom stereocenters. The molecular weight excluding hydrogens is 179 g/mol. The minimum absolute atomic E-state index is 0. The smallest absolute Gasteiger partial charge is 1.00 e. The SMILES string of the molecule is COCCOC.O=C(O)O.[H-].[K+]. The maximum Gasteiger partial charge on any atom is 1.00 e. The summed E-state index contributed by atoms with van der Waals surface area (Å²) in [5.41, 5.74) is 0. The molecule has 0 spiro atoms. The van der Waals surface area contributed by atoms with Crippen molar-refractivity contribution in [3.63, 3.8) is 0 Å². The van der Waals surface area contributed by atoms with Gasteiger partial charge in [-0.15, -0.1) is 0 Å². The molecule has 0 fully saturated rings. The maximum absolute atomic E-state index is 8.56. The number of rotatable bonds is 3. The predicted octanol–water partition coefficient (Wildman–Crippen LogP) is -2.38. The van der Waals surface area contributed by atoms with Gasteiger partial charge in [-0.1, -0.05) is 0 Å². The second-order valence-electron chi connectivity index (χ2n) is 1.27. The molecule has 0 radical (unpaired) electrons. The van der Waals surface area contributed by atoms with Gasteiger partial charge in [0.25, 0.3) is 0 Å². The van der Waals surface area contributed by atoms with Crippen molar-refractivity contribution >= 4 is 6.16 Å². The molecule has 2 N–H and O–H groups in total. The van der Waals surface area contributed by atoms with E-state index in [4.69, 9.17) is 15.0 Å². The average Bonchev–Trinajstić information content (AvgIpc) is 1.82. The van der Waals surface area contributed by atoms with E-state index in [1.165, 1.54) is 0 Å². The summed E-state index contributed by atoms with van der Waals surface area (Å²) < 4.78 is 9.31. The number of carbonyl (C=O) groups is 1. The van der Waals surface area contributed by atoms with Crippen LogP contribution in [-0.4, -0.2) is 43.8 Å². The van der Waals surface area contributed by atoms with Crippen molar-refractivity contribution in [3.05, 3.63) is 0 Å². The second kappa shape index (κ2) is 17.1. The fourth-order valence-corrected chi connectivity index (χ4v) is 0.167. The summed E-state index contributed by atoms with van der Waals surface area (Å²) in [6.45, 7) is 1.38. The van der Waals surface area contributed by atoms with Gasteiger partial charge in [0.2, 0.25) is 0 Å². The van der Waals surface area contributed by atoms with Crippen molar-refractivity contribution in [2.45, 2.75) is 0 Å². The molecule has 0 amide bonds. The molecule has 0 heterocycles. The van der Waals surface area contributed by atoms with E-state index < -0.39 is 6.16 Å². The van der Waals surface area contributed by atoms with Crippen LogP contribution in [0.4, 0.5) is 4.79 Å². The van der Waals surface area contributed by atoms with Gasteiger partial charge in [-0.05, 0) is 0 Å². The molecule has 0 aliphatic carbocycles. The third-order valence-electron chi connectivity index (χ3n) is 0.492. The summed E-state index contributed by atoms with van der Waals surface area (Å²) in [5, 5.41) is 13.9. The Morgan fingerprint density at radius 1 is 1.27 bits per heavy atom. The summed E-state index contributed by atoms with van der Waals surface area (Å²) in [6, 6.07) is 0. The quantitative estimate of drug-likeness (QED) is 0.386. The Balaban J connectivity index is -0.0000000483. The summed E-state index contributed by atoms with van der Waals surface area (Å²) in [6.07, 6.45) is -1.83. The third kappa shape index (κ3) is 57.6. The van der Waals surface area contributed by atoms with Gasteiger partial charge >= 0.3 is 57.5 Å². The zero-order valence-electron chi connectivity index (χ0n) is 8.03. The molecule has 0 aliphatic rings. The molecule has 0 aliphatic heterocycles. The molecule has 0 saturated heterocycles. The third-order valence-corrected chi connectivity index (χ3v) is 0.492. The zero-order chi connectivity index (χ0) is 8.41. The van der Waals surface area contributed by atoms with Crippen LogP contribution in [0.2, 0.25) is 0 Å². The molecule has 0 aromatic rings. The maximum atomic E-state index is 8.56. The van der Waals surface area contributed by atoms with Crippen LogP contribution in [-0.2, 0) is 9.47 Å². The summed E-state index contributed by atoms with van der Waals surface area (Å²) in [4.78, 5) is 8.56. The van der Waals surface area contributed by atoms with E-state index in [1.54, 1.807) is 14.2 Å². The van der Waals surface area contributed by atoms with Gasteiger partial charge in [-0.2, -0.15) is 0 Å². The molecule has 0 aromatic carbocycles. The van der Waals surface area contributed by atoms with Crippen molar-refractivity contribution < 1.29 is 77.3 Å². The monoisotopic (exact) mass is 192 g/mol. The number of carboxylic acid groups (broad SMARTS) is 2. The predicted molar refractivity (Wildman–Crippen MR) is 35.5 cm³/mol. The van der Waals surface area contributed by atoms with Crippen LogP contribution >= 0.6 is 0 Å². The first kappa shape index (κ1) is 17.8. The number of methoxy groups -OCH3 is 2. The van der Waals surface area contributed by atoms with Crippen molar-refractivity contribution in [1.29, 1.82) is 0 Å². The van der Waals surface area contributed by atoms with E-state index in [0.29, 0.717) is 13.2 Å². The minimum atomic E-state index is -1.83. The molecule has 0 atom stereocenters. The zero-order valence-corrected chi connectivity index (χ0v) is 10.2. The number of hydrogen-bond acceptors (Lipinski definition) is 3. The molecule has 11 heavy (non-hydrogen) atoms. The van der Waals surface area contributed by atoms with Gasteiger partial charge in [0.05, 0.1) is 13.2 Å². The van der Waals surface area contributed by atoms with Crippen molar-refractivity contribution in [2.24, 2.45) is 0 Å². The molecule has 0 rings (SSSR count). The molecule has 0 aromatic heterocycles. The topological polar surface area (TPSA) is 76.0 Å². The van der Waals surface area contributed by atoms with E-state index in [1.807, 2.05) is 0 Å². The fourth-order valence-electron chi connectivity index (χ4n) is 0.167. The summed E-state index contributed by atoms with van der Waals surface area (Å²) in [5.74, 6) is 0. The first-order valence-electron chi connectivity index (χ1n) is 2.55. The van der Waals surface area contributed by atoms with Crippen LogP contribution in [0.15, 0.2) is 0 Å². The van der Waals surface area contributed by atoms with Crippen LogP contribution in [0.1, 0.15) is 1.43 Å².